The van der Waals surface area contributed by atoms with Gasteiger partial charge < -0.3 is 39.4 Å². The number of hydrogen-bond donors (Lipinski definition) is 4. The minimum atomic E-state index is -1.79. The van der Waals surface area contributed by atoms with E-state index in [0.29, 0.717) is 32.5 Å². The molecule has 34 heavy (non-hydrogen) atoms. The molecule has 7 bridgehead atoms. The summed E-state index contributed by atoms with van der Waals surface area (Å²) in [5.41, 5.74) is -6.34. The highest BCUT2D eigenvalue weighted by Gasteiger charge is 2.95. The maximum atomic E-state index is 13.0. The summed E-state index contributed by atoms with van der Waals surface area (Å²) in [5, 5.41) is 50.1. The second-order valence-corrected chi connectivity index (χ2v) is 12.1. The number of nitrogens with zero attached hydrogens (tertiary/aromatic N) is 1. The molecule has 6 fully saturated rings. The van der Waals surface area contributed by atoms with Crippen LogP contribution in [0.4, 0.5) is 0 Å². The minimum Gasteiger partial charge on any atom is -0.392 e. The Morgan fingerprint density at radius 1 is 0.941 bits per heavy atom. The molecule has 13 atom stereocenters. The molecule has 194 valence electrons. The lowest BCUT2D eigenvalue weighted by molar-refractivity contribution is -0.357. The fourth-order valence-corrected chi connectivity index (χ4v) is 11.0. The van der Waals surface area contributed by atoms with Gasteiger partial charge in [-0.05, 0) is 25.8 Å². The third-order valence-corrected chi connectivity index (χ3v) is 11.6. The highest BCUT2D eigenvalue weighted by atomic mass is 16.5. The zero-order chi connectivity index (χ0) is 24.5. The second kappa shape index (κ2) is 7.14. The Bertz CT molecular complexity index is 861. The van der Waals surface area contributed by atoms with Crippen LogP contribution >= 0.6 is 0 Å². The van der Waals surface area contributed by atoms with Crippen molar-refractivity contribution in [2.24, 2.45) is 28.6 Å². The van der Waals surface area contributed by atoms with Gasteiger partial charge in [0, 0.05) is 64.6 Å². The van der Waals surface area contributed by atoms with E-state index in [-0.39, 0.29) is 24.4 Å². The first-order chi connectivity index (χ1) is 16.1. The summed E-state index contributed by atoms with van der Waals surface area (Å²) in [4.78, 5) is 2.23. The summed E-state index contributed by atoms with van der Waals surface area (Å²) in [7, 11) is 6.52. The predicted octanol–water partition coefficient (Wildman–Crippen LogP) is -0.614. The number of methoxy groups -OCH3 is 4. The highest BCUT2D eigenvalue weighted by molar-refractivity contribution is 5.45. The van der Waals surface area contributed by atoms with E-state index in [1.165, 1.54) is 0 Å². The first-order valence-corrected chi connectivity index (χ1v) is 12.8. The number of rotatable bonds is 6. The van der Waals surface area contributed by atoms with Crippen molar-refractivity contribution >= 4 is 0 Å². The molecule has 1 spiro atoms. The molecule has 6 rings (SSSR count). The quantitative estimate of drug-likeness (QED) is 0.392. The van der Waals surface area contributed by atoms with Crippen molar-refractivity contribution in [3.63, 3.8) is 0 Å². The lowest BCUT2D eigenvalue weighted by Gasteiger charge is -2.72. The molecular formula is C25H41NO8. The van der Waals surface area contributed by atoms with E-state index in [1.807, 2.05) is 0 Å². The Labute approximate surface area is 201 Å². The molecule has 0 aromatic carbocycles. The van der Waals surface area contributed by atoms with Crippen LogP contribution in [0.15, 0.2) is 0 Å². The molecule has 0 aromatic rings. The van der Waals surface area contributed by atoms with E-state index in [9.17, 15) is 20.4 Å². The summed E-state index contributed by atoms with van der Waals surface area (Å²) in [6.45, 7) is 3.83. The summed E-state index contributed by atoms with van der Waals surface area (Å²) in [6, 6.07) is -0.594. The van der Waals surface area contributed by atoms with Gasteiger partial charge in [-0.15, -0.1) is 0 Å². The molecule has 0 amide bonds. The molecule has 1 aliphatic heterocycles. The maximum absolute atomic E-state index is 13.0. The van der Waals surface area contributed by atoms with E-state index < -0.39 is 57.9 Å². The van der Waals surface area contributed by atoms with Crippen LogP contribution in [0.3, 0.4) is 0 Å². The zero-order valence-electron chi connectivity index (χ0n) is 20.9. The number of fused-ring (bicyclic) bond motifs is 2. The van der Waals surface area contributed by atoms with Crippen molar-refractivity contribution in [3.05, 3.63) is 0 Å². The van der Waals surface area contributed by atoms with Crippen LogP contribution in [-0.4, -0.2) is 121 Å². The minimum absolute atomic E-state index is 0.139. The molecule has 6 aliphatic rings. The Hall–Kier alpha value is -0.360. The number of likely N-dealkylation sites (N-methyl/N-ethyl adjacent to an activating group) is 1. The van der Waals surface area contributed by atoms with Crippen molar-refractivity contribution < 1.29 is 39.4 Å². The molecule has 5 saturated carbocycles. The summed E-state index contributed by atoms with van der Waals surface area (Å²) in [5.74, 6) is -1.56. The van der Waals surface area contributed by atoms with Crippen LogP contribution in [0.25, 0.3) is 0 Å². The Kier molecular flexibility index (Phi) is 5.04. The summed E-state index contributed by atoms with van der Waals surface area (Å²) >= 11 is 0. The molecule has 9 nitrogen and oxygen atoms in total. The van der Waals surface area contributed by atoms with Crippen molar-refractivity contribution in [3.8, 4) is 0 Å². The summed E-state index contributed by atoms with van der Waals surface area (Å²) < 4.78 is 23.9. The van der Waals surface area contributed by atoms with Gasteiger partial charge in [0.05, 0.1) is 48.1 Å². The van der Waals surface area contributed by atoms with E-state index in [1.54, 1.807) is 28.4 Å². The predicted molar refractivity (Wildman–Crippen MR) is 120 cm³/mol. The lowest BCUT2D eigenvalue weighted by Crippen LogP contribution is -2.86. The van der Waals surface area contributed by atoms with Crippen LogP contribution in [0.2, 0.25) is 0 Å². The van der Waals surface area contributed by atoms with E-state index in [2.05, 4.69) is 11.8 Å². The molecule has 0 radical (unpaired) electrons. The highest BCUT2D eigenvalue weighted by Crippen LogP contribution is 2.81. The zero-order valence-corrected chi connectivity index (χ0v) is 20.9. The van der Waals surface area contributed by atoms with Crippen molar-refractivity contribution in [2.75, 3.05) is 48.1 Å². The molecule has 1 heterocycles. The molecular weight excluding hydrogens is 442 g/mol. The third kappa shape index (κ3) is 2.11. The van der Waals surface area contributed by atoms with Crippen LogP contribution in [-0.2, 0) is 18.9 Å². The Morgan fingerprint density at radius 3 is 2.26 bits per heavy atom. The number of piperidine rings is 1. The molecule has 0 aromatic heterocycles. The largest absolute Gasteiger partial charge is 0.392 e. The first-order valence-electron chi connectivity index (χ1n) is 12.8. The van der Waals surface area contributed by atoms with Crippen molar-refractivity contribution in [1.82, 2.24) is 4.90 Å². The average Bonchev–Trinajstić information content (AvgIpc) is 3.14. The van der Waals surface area contributed by atoms with Gasteiger partial charge in [0.15, 0.2) is 0 Å². The van der Waals surface area contributed by atoms with E-state index >= 15 is 0 Å². The number of hydrogen-bond acceptors (Lipinski definition) is 9. The molecule has 1 unspecified atom stereocenters. The summed E-state index contributed by atoms with van der Waals surface area (Å²) in [6.07, 6.45) is -0.667. The van der Waals surface area contributed by atoms with Crippen molar-refractivity contribution in [1.29, 1.82) is 0 Å². The van der Waals surface area contributed by atoms with Gasteiger partial charge in [-0.2, -0.15) is 0 Å². The van der Waals surface area contributed by atoms with Gasteiger partial charge in [0.25, 0.3) is 0 Å². The monoisotopic (exact) mass is 483 g/mol. The van der Waals surface area contributed by atoms with Gasteiger partial charge in [-0.25, -0.2) is 0 Å². The smallest absolute Gasteiger partial charge is 0.136 e. The Morgan fingerprint density at radius 2 is 1.68 bits per heavy atom. The van der Waals surface area contributed by atoms with E-state index in [4.69, 9.17) is 18.9 Å². The van der Waals surface area contributed by atoms with Crippen LogP contribution in [0.1, 0.15) is 32.6 Å². The van der Waals surface area contributed by atoms with Gasteiger partial charge in [-0.3, -0.25) is 4.90 Å². The average molecular weight is 484 g/mol. The topological polar surface area (TPSA) is 121 Å². The second-order valence-electron chi connectivity index (χ2n) is 12.1. The molecule has 5 aliphatic carbocycles. The number of likely N-dealkylation sites (tertiary alicyclic amines) is 1. The standard InChI is InChI=1S/C25H41NO8/c1-6-26-11-21(12-31-2)8-7-15(33-4)24-18(21)19(34-5)25(30,20(24)26)23(29)10-14(32-3)13-9-22(24,28)17(23)16(13)27/h13-20,27-30H,6-12H2,1-5H3/t13-,14+,15+,16+,17+,18-,19+,20?,21+,22+,23-,24-,25-/m1/s1. The fraction of sp³-hybridized carbons (Fsp3) is 1.00. The third-order valence-electron chi connectivity index (χ3n) is 11.6. The van der Waals surface area contributed by atoms with Crippen LogP contribution in [0, 0.1) is 28.6 Å². The van der Waals surface area contributed by atoms with Crippen LogP contribution in [0.5, 0.6) is 0 Å². The normalized spacial score (nSPS) is 61.7. The van der Waals surface area contributed by atoms with Gasteiger partial charge in [0.1, 0.15) is 11.2 Å². The van der Waals surface area contributed by atoms with Gasteiger partial charge in [-0.1, -0.05) is 6.92 Å². The van der Waals surface area contributed by atoms with Gasteiger partial charge >= 0.3 is 0 Å². The first kappa shape index (κ1) is 24.0. The van der Waals surface area contributed by atoms with Gasteiger partial charge in [0.2, 0.25) is 0 Å². The maximum Gasteiger partial charge on any atom is 0.136 e. The number of ether oxygens (including phenoxy) is 4. The van der Waals surface area contributed by atoms with Crippen molar-refractivity contribution in [2.45, 2.75) is 79.9 Å². The number of aliphatic hydroxyl groups excluding tert-OH is 1. The van der Waals surface area contributed by atoms with Crippen LogP contribution < -0.4 is 0 Å². The molecule has 9 heteroatoms. The lowest BCUT2D eigenvalue weighted by atomic mass is 9.41. The van der Waals surface area contributed by atoms with E-state index in [0.717, 1.165) is 6.42 Å². The fourth-order valence-electron chi connectivity index (χ4n) is 11.0. The molecule has 4 N–H and O–H groups in total. The SMILES string of the molecule is CCN1C[C@]2(COC)CC[C@H](OC)[C@]34C1[C@](O)([C@@H](OC)[C@H]23)[C@@]1(O)C[C@H](OC)[C@H]2C[C@]4(O)[C@@H]1[C@H]2O. The number of aliphatic hydroxyl groups is 4. The Balaban J connectivity index is 1.72. The molecule has 1 saturated heterocycles.